The molecule has 2 rings (SSSR count). The maximum absolute atomic E-state index is 4.47. The number of hydrogen-bond donors (Lipinski definition) is 0. The van der Waals surface area contributed by atoms with Gasteiger partial charge < -0.3 is 4.42 Å². The number of oxazole rings is 1. The van der Waals surface area contributed by atoms with Gasteiger partial charge in [-0.25, -0.2) is 4.98 Å². The summed E-state index contributed by atoms with van der Waals surface area (Å²) < 4.78 is 4.47. The molecule has 2 aromatic heterocycles. The van der Waals surface area contributed by atoms with Gasteiger partial charge in [0.2, 0.25) is 0 Å². The molecule has 3 nitrogen and oxygen atoms in total. The largest absolute Gasteiger partial charge is 0.452 e. The third-order valence-corrected chi connectivity index (χ3v) is 0.914. The molecule has 0 fully saturated rings. The molecule has 0 radical (unpaired) electrons. The SMILES string of the molecule is c1ccncc1.c1cocn1. The Morgan fingerprint density at radius 3 is 1.82 bits per heavy atom. The van der Waals surface area contributed by atoms with Gasteiger partial charge in [0.25, 0.3) is 0 Å². The molecule has 0 saturated carbocycles. The van der Waals surface area contributed by atoms with Gasteiger partial charge in [0.1, 0.15) is 6.26 Å². The van der Waals surface area contributed by atoms with E-state index in [0.717, 1.165) is 0 Å². The minimum atomic E-state index is 1.38. The second-order valence-corrected chi connectivity index (χ2v) is 1.70. The molecule has 0 N–H and O–H groups in total. The van der Waals surface area contributed by atoms with Crippen molar-refractivity contribution in [1.29, 1.82) is 0 Å². The van der Waals surface area contributed by atoms with Crippen molar-refractivity contribution in [3.8, 4) is 0 Å². The first-order valence-corrected chi connectivity index (χ1v) is 3.17. The zero-order valence-corrected chi connectivity index (χ0v) is 5.92. The third-order valence-electron chi connectivity index (χ3n) is 0.914. The average molecular weight is 148 g/mol. The van der Waals surface area contributed by atoms with E-state index in [1.54, 1.807) is 18.6 Å². The minimum Gasteiger partial charge on any atom is -0.452 e. The van der Waals surface area contributed by atoms with E-state index in [4.69, 9.17) is 0 Å². The molecule has 3 heteroatoms. The molecule has 2 aromatic rings. The average Bonchev–Trinajstić information content (AvgIpc) is 2.64. The summed E-state index contributed by atoms with van der Waals surface area (Å²) in [6.45, 7) is 0. The lowest BCUT2D eigenvalue weighted by molar-refractivity contribution is 0.558. The van der Waals surface area contributed by atoms with Crippen LogP contribution in [0.1, 0.15) is 0 Å². The zero-order chi connectivity index (χ0) is 7.78. The monoisotopic (exact) mass is 148 g/mol. The van der Waals surface area contributed by atoms with Crippen molar-refractivity contribution >= 4 is 0 Å². The summed E-state index contributed by atoms with van der Waals surface area (Å²) in [4.78, 5) is 7.34. The molecule has 2 heterocycles. The Bertz CT molecular complexity index is 198. The number of pyridine rings is 1. The van der Waals surface area contributed by atoms with E-state index in [9.17, 15) is 0 Å². The van der Waals surface area contributed by atoms with Gasteiger partial charge >= 0.3 is 0 Å². The Balaban J connectivity index is 0.000000112. The van der Waals surface area contributed by atoms with E-state index in [0.29, 0.717) is 0 Å². The van der Waals surface area contributed by atoms with Gasteiger partial charge in [-0.2, -0.15) is 0 Å². The standard InChI is InChI=1S/C5H5N.C3H3NO/c1-2-4-6-5-3-1;1-2-5-3-4-1/h1-5H;1-3H. The molecule has 0 aliphatic carbocycles. The molecule has 0 bridgehead atoms. The van der Waals surface area contributed by atoms with Crippen molar-refractivity contribution in [3.05, 3.63) is 49.4 Å². The molecule has 56 valence electrons. The van der Waals surface area contributed by atoms with Gasteiger partial charge in [-0.3, -0.25) is 4.98 Å². The van der Waals surface area contributed by atoms with E-state index in [2.05, 4.69) is 14.4 Å². The van der Waals surface area contributed by atoms with Crippen molar-refractivity contribution in [3.63, 3.8) is 0 Å². The van der Waals surface area contributed by atoms with Crippen LogP contribution in [0.25, 0.3) is 0 Å². The van der Waals surface area contributed by atoms with E-state index in [1.165, 1.54) is 12.7 Å². The minimum absolute atomic E-state index is 1.38. The predicted octanol–water partition coefficient (Wildman–Crippen LogP) is 1.76. The number of aromatic nitrogens is 2. The maximum Gasteiger partial charge on any atom is 0.180 e. The highest BCUT2D eigenvalue weighted by molar-refractivity contribution is 4.88. The van der Waals surface area contributed by atoms with Crippen LogP contribution < -0.4 is 0 Å². The van der Waals surface area contributed by atoms with Crippen LogP contribution in [0, 0.1) is 0 Å². The van der Waals surface area contributed by atoms with Gasteiger partial charge in [-0.15, -0.1) is 0 Å². The van der Waals surface area contributed by atoms with E-state index >= 15 is 0 Å². The zero-order valence-electron chi connectivity index (χ0n) is 5.92. The van der Waals surface area contributed by atoms with Gasteiger partial charge in [0.05, 0.1) is 6.20 Å². The van der Waals surface area contributed by atoms with Crippen molar-refractivity contribution < 1.29 is 4.42 Å². The van der Waals surface area contributed by atoms with Crippen molar-refractivity contribution in [1.82, 2.24) is 9.97 Å². The highest BCUT2D eigenvalue weighted by atomic mass is 16.3. The second kappa shape index (κ2) is 5.17. The normalized spacial score (nSPS) is 8.00. The summed E-state index contributed by atoms with van der Waals surface area (Å²) in [5, 5.41) is 0. The summed E-state index contributed by atoms with van der Waals surface area (Å²) in [5.74, 6) is 0. The van der Waals surface area contributed by atoms with Crippen LogP contribution in [-0.2, 0) is 0 Å². The quantitative estimate of drug-likeness (QED) is 0.571. The molecule has 0 aliphatic heterocycles. The highest BCUT2D eigenvalue weighted by Gasteiger charge is 1.59. The molecule has 11 heavy (non-hydrogen) atoms. The van der Waals surface area contributed by atoms with E-state index < -0.39 is 0 Å². The van der Waals surface area contributed by atoms with Gasteiger partial charge in [-0.1, -0.05) is 6.07 Å². The Labute approximate surface area is 64.7 Å². The highest BCUT2D eigenvalue weighted by Crippen LogP contribution is 1.73. The van der Waals surface area contributed by atoms with Crippen LogP contribution in [0.15, 0.2) is 53.9 Å². The van der Waals surface area contributed by atoms with Gasteiger partial charge in [-0.05, 0) is 12.1 Å². The summed E-state index contributed by atoms with van der Waals surface area (Å²) in [5.41, 5.74) is 0. The molecule has 0 amide bonds. The van der Waals surface area contributed by atoms with Crippen LogP contribution in [0.2, 0.25) is 0 Å². The maximum atomic E-state index is 4.47. The van der Waals surface area contributed by atoms with Crippen LogP contribution in [0.3, 0.4) is 0 Å². The van der Waals surface area contributed by atoms with Gasteiger partial charge in [0, 0.05) is 12.4 Å². The Morgan fingerprint density at radius 2 is 1.64 bits per heavy atom. The third kappa shape index (κ3) is 3.86. The fraction of sp³-hybridized carbons (Fsp3) is 0. The molecule has 0 aliphatic rings. The molecule has 0 atom stereocenters. The molecule has 0 unspecified atom stereocenters. The topological polar surface area (TPSA) is 38.9 Å². The van der Waals surface area contributed by atoms with Crippen LogP contribution in [-0.4, -0.2) is 9.97 Å². The Kier molecular flexibility index (Phi) is 3.51. The predicted molar refractivity (Wildman–Crippen MR) is 40.7 cm³/mol. The lowest BCUT2D eigenvalue weighted by Gasteiger charge is -1.70. The van der Waals surface area contributed by atoms with Crippen LogP contribution in [0.4, 0.5) is 0 Å². The van der Waals surface area contributed by atoms with Crippen LogP contribution >= 0.6 is 0 Å². The summed E-state index contributed by atoms with van der Waals surface area (Å²) >= 11 is 0. The molecule has 0 saturated heterocycles. The first-order valence-electron chi connectivity index (χ1n) is 3.17. The van der Waals surface area contributed by atoms with Gasteiger partial charge in [0.15, 0.2) is 6.39 Å². The fourth-order valence-electron chi connectivity index (χ4n) is 0.488. The lowest BCUT2D eigenvalue weighted by atomic mass is 10.5. The first kappa shape index (κ1) is 7.47. The summed E-state index contributed by atoms with van der Waals surface area (Å²) in [7, 11) is 0. The molecule has 0 aromatic carbocycles. The van der Waals surface area contributed by atoms with Crippen molar-refractivity contribution in [2.24, 2.45) is 0 Å². The Hall–Kier alpha value is -1.64. The van der Waals surface area contributed by atoms with Crippen molar-refractivity contribution in [2.75, 3.05) is 0 Å². The molecule has 0 spiro atoms. The van der Waals surface area contributed by atoms with Crippen molar-refractivity contribution in [2.45, 2.75) is 0 Å². The molecular formula is C8H8N2O. The first-order chi connectivity index (χ1) is 5.50. The molecular weight excluding hydrogens is 140 g/mol. The summed E-state index contributed by atoms with van der Waals surface area (Å²) in [6, 6.07) is 5.72. The second-order valence-electron chi connectivity index (χ2n) is 1.70. The Morgan fingerprint density at radius 1 is 0.818 bits per heavy atom. The van der Waals surface area contributed by atoms with E-state index in [-0.39, 0.29) is 0 Å². The fourth-order valence-corrected chi connectivity index (χ4v) is 0.488. The summed E-state index contributed by atoms with van der Waals surface area (Å²) in [6.07, 6.45) is 7.97. The number of hydrogen-bond acceptors (Lipinski definition) is 3. The smallest absolute Gasteiger partial charge is 0.180 e. The van der Waals surface area contributed by atoms with E-state index in [1.807, 2.05) is 18.2 Å². The van der Waals surface area contributed by atoms with Crippen LogP contribution in [0.5, 0.6) is 0 Å². The lowest BCUT2D eigenvalue weighted by Crippen LogP contribution is -1.58. The number of rotatable bonds is 0. The number of nitrogens with zero attached hydrogens (tertiary/aromatic N) is 2.